The summed E-state index contributed by atoms with van der Waals surface area (Å²) in [6.07, 6.45) is 0.368. The lowest BCUT2D eigenvalue weighted by atomic mass is 10.3. The molecule has 1 unspecified atom stereocenters. The summed E-state index contributed by atoms with van der Waals surface area (Å²) in [4.78, 5) is 10.9. The van der Waals surface area contributed by atoms with E-state index in [1.807, 2.05) is 6.92 Å². The molecule has 1 atom stereocenters. The topological polar surface area (TPSA) is 102 Å². The molecule has 0 saturated carbocycles. The zero-order valence-corrected chi connectivity index (χ0v) is 10.1. The van der Waals surface area contributed by atoms with Crippen LogP contribution in [-0.4, -0.2) is 21.2 Å². The number of hydrogen-bond acceptors (Lipinski definition) is 5. The highest BCUT2D eigenvalue weighted by Crippen LogP contribution is 2.32. The van der Waals surface area contributed by atoms with Crippen molar-refractivity contribution in [1.29, 1.82) is 0 Å². The van der Waals surface area contributed by atoms with Crippen LogP contribution >= 0.6 is 11.8 Å². The Balaban J connectivity index is 2.78. The minimum absolute atomic E-state index is 0.00741. The highest BCUT2D eigenvalue weighted by molar-refractivity contribution is 8.00. The number of benzene rings is 1. The van der Waals surface area contributed by atoms with Gasteiger partial charge < -0.3 is 10.9 Å². The van der Waals surface area contributed by atoms with Crippen molar-refractivity contribution in [3.63, 3.8) is 0 Å². The SMILES string of the molecule is CC(C/C(N)=N/O)Sc1ccccc1[N+](=O)[O-]. The van der Waals surface area contributed by atoms with E-state index in [0.29, 0.717) is 11.3 Å². The standard InChI is InChI=1S/C10H13N3O3S/c1-7(6-10(11)12-14)17-9-5-3-2-4-8(9)13(15)16/h2-5,7,14H,6H2,1H3,(H2,11,12). The second-order valence-corrected chi connectivity index (χ2v) is 4.93. The van der Waals surface area contributed by atoms with Crippen molar-refractivity contribution >= 4 is 23.3 Å². The first-order valence-electron chi connectivity index (χ1n) is 4.91. The monoisotopic (exact) mass is 255 g/mol. The van der Waals surface area contributed by atoms with Gasteiger partial charge in [-0.15, -0.1) is 11.8 Å². The molecule has 7 heteroatoms. The molecule has 3 N–H and O–H groups in total. The molecular weight excluding hydrogens is 242 g/mol. The number of nitrogens with zero attached hydrogens (tertiary/aromatic N) is 2. The summed E-state index contributed by atoms with van der Waals surface area (Å²) in [6, 6.07) is 6.51. The molecular formula is C10H13N3O3S. The molecule has 0 spiro atoms. The maximum atomic E-state index is 10.8. The van der Waals surface area contributed by atoms with Gasteiger partial charge in [0.25, 0.3) is 5.69 Å². The van der Waals surface area contributed by atoms with Crippen molar-refractivity contribution in [2.45, 2.75) is 23.5 Å². The molecule has 0 amide bonds. The molecule has 0 aliphatic heterocycles. The summed E-state index contributed by atoms with van der Waals surface area (Å²) >= 11 is 1.33. The Bertz CT molecular complexity index is 437. The second-order valence-electron chi connectivity index (χ2n) is 3.45. The van der Waals surface area contributed by atoms with E-state index in [9.17, 15) is 10.1 Å². The van der Waals surface area contributed by atoms with Gasteiger partial charge >= 0.3 is 0 Å². The first kappa shape index (κ1) is 13.3. The number of nitrogens with two attached hydrogens (primary N) is 1. The van der Waals surface area contributed by atoms with E-state index < -0.39 is 4.92 Å². The minimum atomic E-state index is -0.418. The lowest BCUT2D eigenvalue weighted by Gasteiger charge is -2.09. The van der Waals surface area contributed by atoms with Crippen LogP contribution in [0.25, 0.3) is 0 Å². The van der Waals surface area contributed by atoms with E-state index in [1.54, 1.807) is 18.2 Å². The van der Waals surface area contributed by atoms with Crippen LogP contribution in [0.5, 0.6) is 0 Å². The van der Waals surface area contributed by atoms with Crippen LogP contribution in [0.2, 0.25) is 0 Å². The summed E-state index contributed by atoms with van der Waals surface area (Å²) in [6.45, 7) is 1.86. The molecule has 1 rings (SSSR count). The molecule has 0 aliphatic rings. The third-order valence-electron chi connectivity index (χ3n) is 2.02. The van der Waals surface area contributed by atoms with Gasteiger partial charge in [-0.05, 0) is 6.07 Å². The molecule has 0 saturated heterocycles. The first-order chi connectivity index (χ1) is 8.04. The van der Waals surface area contributed by atoms with Crippen molar-refractivity contribution in [2.75, 3.05) is 0 Å². The quantitative estimate of drug-likeness (QED) is 0.210. The van der Waals surface area contributed by atoms with Crippen molar-refractivity contribution in [1.82, 2.24) is 0 Å². The van der Waals surface area contributed by atoms with E-state index in [1.165, 1.54) is 17.8 Å². The number of hydrogen-bond donors (Lipinski definition) is 2. The molecule has 0 aliphatic carbocycles. The molecule has 0 aromatic heterocycles. The molecule has 17 heavy (non-hydrogen) atoms. The lowest BCUT2D eigenvalue weighted by Crippen LogP contribution is -2.16. The first-order valence-corrected chi connectivity index (χ1v) is 5.79. The van der Waals surface area contributed by atoms with Gasteiger partial charge in [0.05, 0.1) is 9.82 Å². The van der Waals surface area contributed by atoms with E-state index in [0.717, 1.165) is 0 Å². The van der Waals surface area contributed by atoms with Gasteiger partial charge in [0, 0.05) is 17.7 Å². The Kier molecular flexibility index (Phi) is 4.77. The van der Waals surface area contributed by atoms with Gasteiger partial charge in [-0.25, -0.2) is 0 Å². The number of nitro benzene ring substituents is 1. The third-order valence-corrected chi connectivity index (χ3v) is 3.18. The lowest BCUT2D eigenvalue weighted by molar-refractivity contribution is -0.387. The van der Waals surface area contributed by atoms with Crippen molar-refractivity contribution < 1.29 is 10.1 Å². The summed E-state index contributed by atoms with van der Waals surface area (Å²) in [5.74, 6) is 0.114. The molecule has 0 fully saturated rings. The molecule has 0 bridgehead atoms. The molecule has 1 aromatic rings. The van der Waals surface area contributed by atoms with E-state index in [-0.39, 0.29) is 16.8 Å². The summed E-state index contributed by atoms with van der Waals surface area (Å²) in [5.41, 5.74) is 5.45. The van der Waals surface area contributed by atoms with E-state index >= 15 is 0 Å². The highest BCUT2D eigenvalue weighted by Gasteiger charge is 2.16. The smallest absolute Gasteiger partial charge is 0.282 e. The number of thioether (sulfide) groups is 1. The summed E-state index contributed by atoms with van der Waals surface area (Å²) in [7, 11) is 0. The van der Waals surface area contributed by atoms with Crippen molar-refractivity contribution in [3.05, 3.63) is 34.4 Å². The van der Waals surface area contributed by atoms with Gasteiger partial charge in [0.1, 0.15) is 5.84 Å². The largest absolute Gasteiger partial charge is 0.409 e. The third kappa shape index (κ3) is 3.95. The van der Waals surface area contributed by atoms with Gasteiger partial charge in [-0.3, -0.25) is 10.1 Å². The van der Waals surface area contributed by atoms with Crippen LogP contribution < -0.4 is 5.73 Å². The Morgan fingerprint density at radius 2 is 2.29 bits per heavy atom. The average Bonchev–Trinajstić information content (AvgIpc) is 2.29. The van der Waals surface area contributed by atoms with Crippen molar-refractivity contribution in [2.24, 2.45) is 10.9 Å². The van der Waals surface area contributed by atoms with Gasteiger partial charge in [-0.1, -0.05) is 24.2 Å². The zero-order valence-electron chi connectivity index (χ0n) is 9.24. The van der Waals surface area contributed by atoms with E-state index in [2.05, 4.69) is 5.16 Å². The van der Waals surface area contributed by atoms with Crippen LogP contribution in [0.3, 0.4) is 0 Å². The summed E-state index contributed by atoms with van der Waals surface area (Å²) in [5, 5.41) is 22.1. The van der Waals surface area contributed by atoms with Gasteiger partial charge in [0.2, 0.25) is 0 Å². The van der Waals surface area contributed by atoms with E-state index in [4.69, 9.17) is 10.9 Å². The number of rotatable bonds is 5. The van der Waals surface area contributed by atoms with Crippen LogP contribution in [0.4, 0.5) is 5.69 Å². The fraction of sp³-hybridized carbons (Fsp3) is 0.300. The van der Waals surface area contributed by atoms with Crippen molar-refractivity contribution in [3.8, 4) is 0 Å². The Labute approximate surface area is 103 Å². The fourth-order valence-corrected chi connectivity index (χ4v) is 2.41. The number of oxime groups is 1. The number of amidine groups is 1. The molecule has 1 aromatic carbocycles. The number of nitro groups is 1. The average molecular weight is 255 g/mol. The normalized spacial score (nSPS) is 13.4. The molecule has 6 nitrogen and oxygen atoms in total. The maximum absolute atomic E-state index is 10.8. The maximum Gasteiger partial charge on any atom is 0.282 e. The molecule has 0 heterocycles. The van der Waals surface area contributed by atoms with Crippen LogP contribution in [0, 0.1) is 10.1 Å². The predicted octanol–water partition coefficient (Wildman–Crippen LogP) is 2.21. The Morgan fingerprint density at radius 1 is 1.65 bits per heavy atom. The predicted molar refractivity (Wildman–Crippen MR) is 66.4 cm³/mol. The summed E-state index contributed by atoms with van der Waals surface area (Å²) < 4.78 is 0. The van der Waals surface area contributed by atoms with Gasteiger partial charge in [-0.2, -0.15) is 0 Å². The van der Waals surface area contributed by atoms with Gasteiger partial charge in [0.15, 0.2) is 0 Å². The van der Waals surface area contributed by atoms with Crippen LogP contribution in [0.15, 0.2) is 34.3 Å². The zero-order chi connectivity index (χ0) is 12.8. The van der Waals surface area contributed by atoms with Crippen LogP contribution in [0.1, 0.15) is 13.3 Å². The Morgan fingerprint density at radius 3 is 2.88 bits per heavy atom. The highest BCUT2D eigenvalue weighted by atomic mass is 32.2. The Hall–Kier alpha value is -1.76. The molecule has 92 valence electrons. The fourth-order valence-electron chi connectivity index (χ4n) is 1.30. The van der Waals surface area contributed by atoms with Crippen LogP contribution in [-0.2, 0) is 0 Å². The minimum Gasteiger partial charge on any atom is -0.409 e. The number of para-hydroxylation sites is 1. The second kappa shape index (κ2) is 6.09. The molecule has 0 radical (unpaired) electrons.